The Bertz CT molecular complexity index is 1570. The average Bonchev–Trinajstić information content (AvgIpc) is 3.36. The molecule has 1 fully saturated rings. The molecule has 0 unspecified atom stereocenters. The van der Waals surface area contributed by atoms with Crippen LogP contribution in [0.3, 0.4) is 0 Å². The normalized spacial score (nSPS) is 15.2. The first-order valence-electron chi connectivity index (χ1n) is 11.9. The molecule has 3 heterocycles. The van der Waals surface area contributed by atoms with Crippen molar-refractivity contribution in [1.29, 1.82) is 0 Å². The molecule has 38 heavy (non-hydrogen) atoms. The van der Waals surface area contributed by atoms with Crippen molar-refractivity contribution in [2.75, 3.05) is 18.0 Å². The van der Waals surface area contributed by atoms with E-state index in [1.165, 1.54) is 11.3 Å². The molecule has 0 atom stereocenters. The molecular weight excluding hydrogens is 554 g/mol. The lowest BCUT2D eigenvalue weighted by Crippen LogP contribution is -2.44. The minimum Gasteiger partial charge on any atom is -0.283 e. The minimum absolute atomic E-state index is 0.0288. The molecule has 1 amide bonds. The molecular formula is C26H23ClF2N4O3S2. The van der Waals surface area contributed by atoms with Crippen molar-refractivity contribution in [2.45, 2.75) is 31.2 Å². The third-order valence-corrected chi connectivity index (χ3v) is 10.0. The van der Waals surface area contributed by atoms with Crippen molar-refractivity contribution in [3.63, 3.8) is 0 Å². The highest BCUT2D eigenvalue weighted by Crippen LogP contribution is 2.37. The van der Waals surface area contributed by atoms with Crippen molar-refractivity contribution in [3.8, 4) is 0 Å². The molecule has 198 valence electrons. The van der Waals surface area contributed by atoms with Crippen LogP contribution in [0.15, 0.2) is 59.8 Å². The fourth-order valence-corrected chi connectivity index (χ4v) is 7.34. The third-order valence-electron chi connectivity index (χ3n) is 6.56. The smallest absolute Gasteiger partial charge is 0.245 e. The van der Waals surface area contributed by atoms with Crippen molar-refractivity contribution in [3.05, 3.63) is 82.6 Å². The molecule has 5 rings (SSSR count). The second kappa shape index (κ2) is 10.6. The maximum absolute atomic E-state index is 14.2. The summed E-state index contributed by atoms with van der Waals surface area (Å²) in [6.45, 7) is 2.22. The lowest BCUT2D eigenvalue weighted by atomic mass is 9.96. The van der Waals surface area contributed by atoms with Crippen molar-refractivity contribution in [2.24, 2.45) is 5.92 Å². The van der Waals surface area contributed by atoms with Crippen LogP contribution >= 0.6 is 22.9 Å². The molecule has 2 aromatic carbocycles. The second-order valence-corrected chi connectivity index (χ2v) is 12.4. The molecule has 7 nitrogen and oxygen atoms in total. The highest BCUT2D eigenvalue weighted by molar-refractivity contribution is 7.89. The van der Waals surface area contributed by atoms with E-state index >= 15 is 0 Å². The predicted molar refractivity (Wildman–Crippen MR) is 143 cm³/mol. The number of fused-ring (bicyclic) bond motifs is 1. The van der Waals surface area contributed by atoms with E-state index in [-0.39, 0.29) is 38.4 Å². The first-order valence-corrected chi connectivity index (χ1v) is 14.5. The number of carbonyl (C=O) groups excluding carboxylic acids is 1. The maximum atomic E-state index is 14.2. The summed E-state index contributed by atoms with van der Waals surface area (Å²) in [5.41, 5.74) is 2.48. The Balaban J connectivity index is 1.40. The van der Waals surface area contributed by atoms with Crippen LogP contribution in [0, 0.1) is 24.5 Å². The number of benzene rings is 2. The fraction of sp³-hybridized carbons (Fsp3) is 0.269. The van der Waals surface area contributed by atoms with Gasteiger partial charge >= 0.3 is 0 Å². The fourth-order valence-electron chi connectivity index (χ4n) is 4.51. The number of nitrogens with zero attached hydrogens (tertiary/aromatic N) is 4. The van der Waals surface area contributed by atoms with Gasteiger partial charge in [0.15, 0.2) is 5.13 Å². The lowest BCUT2D eigenvalue weighted by molar-refractivity contribution is -0.123. The summed E-state index contributed by atoms with van der Waals surface area (Å²) >= 11 is 7.74. The van der Waals surface area contributed by atoms with E-state index in [0.29, 0.717) is 16.2 Å². The van der Waals surface area contributed by atoms with E-state index in [9.17, 15) is 22.0 Å². The van der Waals surface area contributed by atoms with Gasteiger partial charge in [-0.2, -0.15) is 4.31 Å². The minimum atomic E-state index is -4.17. The van der Waals surface area contributed by atoms with Crippen LogP contribution < -0.4 is 4.90 Å². The van der Waals surface area contributed by atoms with Gasteiger partial charge in [-0.25, -0.2) is 22.2 Å². The zero-order valence-corrected chi connectivity index (χ0v) is 22.7. The summed E-state index contributed by atoms with van der Waals surface area (Å²) in [7, 11) is -4.17. The number of pyridine rings is 1. The number of aromatic nitrogens is 2. The Kier molecular flexibility index (Phi) is 7.45. The molecule has 1 saturated heterocycles. The van der Waals surface area contributed by atoms with Gasteiger partial charge in [-0.05, 0) is 55.2 Å². The van der Waals surface area contributed by atoms with Crippen molar-refractivity contribution in [1.82, 2.24) is 14.3 Å². The average molecular weight is 577 g/mol. The molecule has 1 aliphatic heterocycles. The highest BCUT2D eigenvalue weighted by Gasteiger charge is 2.36. The first kappa shape index (κ1) is 26.6. The number of piperidine rings is 1. The lowest BCUT2D eigenvalue weighted by Gasteiger charge is -2.33. The molecule has 12 heteroatoms. The van der Waals surface area contributed by atoms with Crippen LogP contribution in [0.1, 0.15) is 24.0 Å². The Hall–Kier alpha value is -2.99. The summed E-state index contributed by atoms with van der Waals surface area (Å²) in [4.78, 5) is 23.7. The zero-order valence-electron chi connectivity index (χ0n) is 20.3. The van der Waals surface area contributed by atoms with Crippen LogP contribution in [-0.4, -0.2) is 41.7 Å². The molecule has 0 spiro atoms. The van der Waals surface area contributed by atoms with Crippen LogP contribution in [0.5, 0.6) is 0 Å². The number of hydrogen-bond acceptors (Lipinski definition) is 6. The quantitative estimate of drug-likeness (QED) is 0.300. The van der Waals surface area contributed by atoms with E-state index in [1.54, 1.807) is 29.4 Å². The van der Waals surface area contributed by atoms with E-state index in [0.717, 1.165) is 37.8 Å². The van der Waals surface area contributed by atoms with Gasteiger partial charge in [0.25, 0.3) is 0 Å². The zero-order chi connectivity index (χ0) is 27.0. The molecule has 0 saturated carbocycles. The van der Waals surface area contributed by atoms with Gasteiger partial charge in [0, 0.05) is 37.5 Å². The number of rotatable bonds is 6. The van der Waals surface area contributed by atoms with Crippen LogP contribution in [-0.2, 0) is 21.4 Å². The summed E-state index contributed by atoms with van der Waals surface area (Å²) in [5.74, 6) is -2.66. The Morgan fingerprint density at radius 2 is 1.95 bits per heavy atom. The molecule has 1 aliphatic rings. The van der Waals surface area contributed by atoms with Crippen LogP contribution in [0.4, 0.5) is 13.9 Å². The Morgan fingerprint density at radius 1 is 1.18 bits per heavy atom. The van der Waals surface area contributed by atoms with Gasteiger partial charge in [-0.1, -0.05) is 35.1 Å². The van der Waals surface area contributed by atoms with Gasteiger partial charge < -0.3 is 0 Å². The third kappa shape index (κ3) is 5.15. The molecule has 0 radical (unpaired) electrons. The van der Waals surface area contributed by atoms with E-state index in [2.05, 4.69) is 4.98 Å². The Morgan fingerprint density at radius 3 is 2.61 bits per heavy atom. The van der Waals surface area contributed by atoms with E-state index in [4.69, 9.17) is 16.6 Å². The summed E-state index contributed by atoms with van der Waals surface area (Å²) < 4.78 is 55.4. The highest BCUT2D eigenvalue weighted by atomic mass is 35.5. The number of anilines is 1. The molecule has 2 aromatic heterocycles. The number of aryl methyl sites for hydroxylation is 1. The van der Waals surface area contributed by atoms with Gasteiger partial charge in [-0.15, -0.1) is 0 Å². The largest absolute Gasteiger partial charge is 0.283 e. The SMILES string of the molecule is Cc1ccc(Cl)c2sc(N(Cc3cccnc3)C(=O)C3CCN(S(=O)(=O)c4ccc(F)cc4F)CC3)nc12. The van der Waals surface area contributed by atoms with Gasteiger partial charge in [0.2, 0.25) is 15.9 Å². The number of amides is 1. The van der Waals surface area contributed by atoms with Crippen LogP contribution in [0.25, 0.3) is 10.2 Å². The van der Waals surface area contributed by atoms with Gasteiger partial charge in [0.05, 0.1) is 21.8 Å². The maximum Gasteiger partial charge on any atom is 0.245 e. The predicted octanol–water partition coefficient (Wildman–Crippen LogP) is 5.57. The van der Waals surface area contributed by atoms with Crippen molar-refractivity contribution < 1.29 is 22.0 Å². The van der Waals surface area contributed by atoms with E-state index < -0.39 is 32.5 Å². The number of hydrogen-bond donors (Lipinski definition) is 0. The summed E-state index contributed by atoms with van der Waals surface area (Å²) in [5, 5.41) is 1.04. The molecule has 4 aromatic rings. The first-order chi connectivity index (χ1) is 18.1. The molecule has 0 bridgehead atoms. The number of sulfonamides is 1. The monoisotopic (exact) mass is 576 g/mol. The number of halogens is 3. The second-order valence-electron chi connectivity index (χ2n) is 9.08. The number of thiazole rings is 1. The summed E-state index contributed by atoms with van der Waals surface area (Å²) in [6.07, 6.45) is 3.82. The van der Waals surface area contributed by atoms with Gasteiger partial charge in [-0.3, -0.25) is 14.7 Å². The van der Waals surface area contributed by atoms with Crippen molar-refractivity contribution >= 4 is 54.2 Å². The Labute approximate surface area is 227 Å². The summed E-state index contributed by atoms with van der Waals surface area (Å²) in [6, 6.07) is 9.71. The number of carbonyl (C=O) groups is 1. The van der Waals surface area contributed by atoms with E-state index in [1.807, 2.05) is 19.1 Å². The van der Waals surface area contributed by atoms with Gasteiger partial charge in [0.1, 0.15) is 16.5 Å². The molecule has 0 N–H and O–H groups in total. The molecule has 0 aliphatic carbocycles. The van der Waals surface area contributed by atoms with Crippen LogP contribution in [0.2, 0.25) is 5.02 Å². The standard InChI is InChI=1S/C26H23ClF2N4O3S2/c1-16-4-6-20(27)24-23(16)31-26(37-24)33(15-17-3-2-10-30-14-17)25(34)18-8-11-32(12-9-18)38(35,36)22-7-5-19(28)13-21(22)29/h2-7,10,13-14,18H,8-9,11-12,15H2,1H3. The topological polar surface area (TPSA) is 83.5 Å².